The summed E-state index contributed by atoms with van der Waals surface area (Å²) in [6.45, 7) is 0.893. The number of amides is 1. The molecular weight excluding hydrogens is 471 g/mol. The van der Waals surface area contributed by atoms with Gasteiger partial charge in [0.25, 0.3) is 5.91 Å². The van der Waals surface area contributed by atoms with Gasteiger partial charge in [0.05, 0.1) is 6.61 Å². The van der Waals surface area contributed by atoms with E-state index in [-0.39, 0.29) is 12.4 Å². The van der Waals surface area contributed by atoms with E-state index in [1.54, 1.807) is 54.7 Å². The van der Waals surface area contributed by atoms with E-state index in [0.29, 0.717) is 53.7 Å². The molecule has 35 heavy (non-hydrogen) atoms. The number of hydrogen-bond acceptors (Lipinski definition) is 5. The molecule has 0 aliphatic heterocycles. The van der Waals surface area contributed by atoms with Gasteiger partial charge < -0.3 is 19.3 Å². The number of nitrogens with zero attached hydrogens (tertiary/aromatic N) is 1. The van der Waals surface area contributed by atoms with E-state index in [0.717, 1.165) is 5.56 Å². The Kier molecular flexibility index (Phi) is 6.53. The van der Waals surface area contributed by atoms with Crippen molar-refractivity contribution in [3.63, 3.8) is 0 Å². The molecule has 9 heteroatoms. The Bertz CT molecular complexity index is 1240. The number of rotatable bonds is 10. The standard InChI is InChI=1S/C26H25FN2O5S/c27-23-9-8-21(13-22(23)20-7-10-24(28-14-20)34-16-17-1-2-17)33-15-18-3-5-19(6-4-18)25(30)29-26(11-12-26)35(31)32/h3-10,13-14,17H,1-2,11-12,15-16H2,(H,29,30)(H,31,32). The summed E-state index contributed by atoms with van der Waals surface area (Å²) in [4.78, 5) is 15.6. The highest BCUT2D eigenvalue weighted by molar-refractivity contribution is 7.81. The van der Waals surface area contributed by atoms with Crippen LogP contribution in [0.15, 0.2) is 60.8 Å². The molecule has 3 aromatic rings. The van der Waals surface area contributed by atoms with E-state index < -0.39 is 21.9 Å². The number of pyridine rings is 1. The van der Waals surface area contributed by atoms with Gasteiger partial charge in [-0.05, 0) is 73.6 Å². The average molecular weight is 497 g/mol. The lowest BCUT2D eigenvalue weighted by Gasteiger charge is -2.13. The van der Waals surface area contributed by atoms with Crippen LogP contribution in [0.5, 0.6) is 11.6 Å². The molecule has 2 aliphatic carbocycles. The molecule has 1 amide bonds. The summed E-state index contributed by atoms with van der Waals surface area (Å²) in [6.07, 6.45) is 4.96. The highest BCUT2D eigenvalue weighted by Gasteiger charge is 2.50. The topological polar surface area (TPSA) is 97.8 Å². The van der Waals surface area contributed by atoms with E-state index in [1.165, 1.54) is 18.9 Å². The second kappa shape index (κ2) is 9.75. The highest BCUT2D eigenvalue weighted by atomic mass is 32.2. The number of benzene rings is 2. The third-order valence-corrected chi connectivity index (χ3v) is 7.33. The van der Waals surface area contributed by atoms with Gasteiger partial charge in [-0.15, -0.1) is 0 Å². The number of ether oxygens (including phenoxy) is 2. The highest BCUT2D eigenvalue weighted by Crippen LogP contribution is 2.38. The van der Waals surface area contributed by atoms with Crippen LogP contribution in [0.1, 0.15) is 41.6 Å². The quantitative estimate of drug-likeness (QED) is 0.395. The van der Waals surface area contributed by atoms with Gasteiger partial charge in [0.2, 0.25) is 5.88 Å². The van der Waals surface area contributed by atoms with Crippen LogP contribution in [-0.4, -0.2) is 31.1 Å². The van der Waals surface area contributed by atoms with Crippen molar-refractivity contribution in [3.05, 3.63) is 77.7 Å². The molecule has 0 saturated heterocycles. The van der Waals surface area contributed by atoms with Crippen molar-refractivity contribution in [1.29, 1.82) is 0 Å². The first kappa shape index (κ1) is 23.4. The Morgan fingerprint density at radius 1 is 1.11 bits per heavy atom. The van der Waals surface area contributed by atoms with Gasteiger partial charge in [0, 0.05) is 29.0 Å². The van der Waals surface area contributed by atoms with Crippen LogP contribution in [0.3, 0.4) is 0 Å². The zero-order valence-corrected chi connectivity index (χ0v) is 19.7. The number of carbonyl (C=O) groups is 1. The van der Waals surface area contributed by atoms with Crippen molar-refractivity contribution in [1.82, 2.24) is 10.3 Å². The zero-order valence-electron chi connectivity index (χ0n) is 18.9. The molecule has 7 nitrogen and oxygen atoms in total. The fraction of sp³-hybridized carbons (Fsp3) is 0.308. The van der Waals surface area contributed by atoms with Crippen LogP contribution in [0, 0.1) is 11.7 Å². The molecule has 2 fully saturated rings. The summed E-state index contributed by atoms with van der Waals surface area (Å²) in [7, 11) is 0. The van der Waals surface area contributed by atoms with Crippen molar-refractivity contribution in [2.24, 2.45) is 5.92 Å². The SMILES string of the molecule is O=C(NC1(S(=O)O)CC1)c1ccc(COc2ccc(F)c(-c3ccc(OCC4CC4)nc3)c2)cc1. The van der Waals surface area contributed by atoms with Crippen molar-refractivity contribution in [3.8, 4) is 22.8 Å². The van der Waals surface area contributed by atoms with E-state index in [2.05, 4.69) is 10.3 Å². The summed E-state index contributed by atoms with van der Waals surface area (Å²) in [5.41, 5.74) is 2.22. The molecular formula is C26H25FN2O5S. The Morgan fingerprint density at radius 2 is 1.89 bits per heavy atom. The molecule has 1 heterocycles. The second-order valence-corrected chi connectivity index (χ2v) is 10.2. The largest absolute Gasteiger partial charge is 0.489 e. The number of halogens is 1. The first-order valence-electron chi connectivity index (χ1n) is 11.5. The molecule has 182 valence electrons. The molecule has 2 N–H and O–H groups in total. The maximum absolute atomic E-state index is 14.5. The van der Waals surface area contributed by atoms with Crippen molar-refractivity contribution in [2.75, 3.05) is 6.61 Å². The number of carbonyl (C=O) groups excluding carboxylic acids is 1. The molecule has 5 rings (SSSR count). The lowest BCUT2D eigenvalue weighted by Crippen LogP contribution is -2.39. The van der Waals surface area contributed by atoms with E-state index in [4.69, 9.17) is 9.47 Å². The average Bonchev–Trinajstić information content (AvgIpc) is 3.79. The van der Waals surface area contributed by atoms with E-state index >= 15 is 0 Å². The van der Waals surface area contributed by atoms with Crippen LogP contribution in [0.4, 0.5) is 4.39 Å². The fourth-order valence-corrected chi connectivity index (χ4v) is 4.21. The third-order valence-electron chi connectivity index (χ3n) is 6.15. The first-order chi connectivity index (χ1) is 16.9. The van der Waals surface area contributed by atoms with Gasteiger partial charge in [-0.25, -0.2) is 13.6 Å². The van der Waals surface area contributed by atoms with Gasteiger partial charge in [-0.1, -0.05) is 12.1 Å². The molecule has 2 saturated carbocycles. The van der Waals surface area contributed by atoms with Crippen molar-refractivity contribution >= 4 is 17.0 Å². The minimum atomic E-state index is -2.10. The van der Waals surface area contributed by atoms with Crippen LogP contribution >= 0.6 is 0 Å². The summed E-state index contributed by atoms with van der Waals surface area (Å²) in [5.74, 6) is 0.890. The van der Waals surface area contributed by atoms with Crippen molar-refractivity contribution in [2.45, 2.75) is 37.2 Å². The smallest absolute Gasteiger partial charge is 0.252 e. The monoisotopic (exact) mass is 496 g/mol. The molecule has 1 unspecified atom stereocenters. The summed E-state index contributed by atoms with van der Waals surface area (Å²) in [6, 6.07) is 14.8. The Morgan fingerprint density at radius 3 is 2.51 bits per heavy atom. The van der Waals surface area contributed by atoms with Gasteiger partial charge >= 0.3 is 0 Å². The van der Waals surface area contributed by atoms with Crippen LogP contribution in [0.25, 0.3) is 11.1 Å². The minimum Gasteiger partial charge on any atom is -0.489 e. The summed E-state index contributed by atoms with van der Waals surface area (Å²) in [5, 5.41) is 2.64. The number of hydrogen-bond donors (Lipinski definition) is 2. The third kappa shape index (κ3) is 5.68. The first-order valence-corrected chi connectivity index (χ1v) is 12.6. The second-order valence-electron chi connectivity index (χ2n) is 8.96. The predicted molar refractivity (Wildman–Crippen MR) is 129 cm³/mol. The van der Waals surface area contributed by atoms with Crippen molar-refractivity contribution < 1.29 is 27.4 Å². The summed E-state index contributed by atoms with van der Waals surface area (Å²) < 4.78 is 46.7. The maximum atomic E-state index is 14.5. The molecule has 0 bridgehead atoms. The fourth-order valence-electron chi connectivity index (χ4n) is 3.58. The van der Waals surface area contributed by atoms with E-state index in [9.17, 15) is 17.9 Å². The number of aromatic nitrogens is 1. The van der Waals surface area contributed by atoms with Gasteiger partial charge in [0.1, 0.15) is 23.0 Å². The lowest BCUT2D eigenvalue weighted by molar-refractivity contribution is 0.0944. The number of nitrogens with one attached hydrogen (secondary N) is 1. The minimum absolute atomic E-state index is 0.226. The van der Waals surface area contributed by atoms with Crippen LogP contribution in [0.2, 0.25) is 0 Å². The van der Waals surface area contributed by atoms with Gasteiger partial charge in [-0.3, -0.25) is 4.79 Å². The molecule has 2 aliphatic rings. The van der Waals surface area contributed by atoms with Crippen LogP contribution in [-0.2, 0) is 17.7 Å². The molecule has 1 atom stereocenters. The lowest BCUT2D eigenvalue weighted by atomic mass is 10.1. The van der Waals surface area contributed by atoms with E-state index in [1.807, 2.05) is 0 Å². The zero-order chi connectivity index (χ0) is 24.4. The summed E-state index contributed by atoms with van der Waals surface area (Å²) >= 11 is -2.10. The van der Waals surface area contributed by atoms with Crippen LogP contribution < -0.4 is 14.8 Å². The molecule has 0 spiro atoms. The van der Waals surface area contributed by atoms with Gasteiger partial charge in [0.15, 0.2) is 11.1 Å². The predicted octanol–water partition coefficient (Wildman–Crippen LogP) is 4.70. The Balaban J connectivity index is 1.19. The Labute approximate surface area is 205 Å². The molecule has 2 aromatic carbocycles. The normalized spacial score (nSPS) is 16.9. The Hall–Kier alpha value is -3.30. The maximum Gasteiger partial charge on any atom is 0.252 e. The van der Waals surface area contributed by atoms with Gasteiger partial charge in [-0.2, -0.15) is 0 Å². The molecule has 1 aromatic heterocycles. The molecule has 0 radical (unpaired) electrons.